The van der Waals surface area contributed by atoms with Gasteiger partial charge in [-0.25, -0.2) is 8.78 Å². The van der Waals surface area contributed by atoms with E-state index in [4.69, 9.17) is 0 Å². The molecule has 0 aromatic rings. The second kappa shape index (κ2) is 1.96. The number of halogens is 2. The molecule has 0 N–H and O–H groups in total. The molecule has 64 valence electrons. The molecule has 2 atom stereocenters. The van der Waals surface area contributed by atoms with Crippen molar-refractivity contribution >= 4 is 0 Å². The van der Waals surface area contributed by atoms with Crippen LogP contribution < -0.4 is 0 Å². The smallest absolute Gasteiger partial charge is 0.206 e. The van der Waals surface area contributed by atoms with Gasteiger partial charge in [0.2, 0.25) is 0 Å². The largest absolute Gasteiger partial charge is 0.256 e. The minimum Gasteiger partial charge on any atom is -0.206 e. The van der Waals surface area contributed by atoms with Crippen LogP contribution in [0.2, 0.25) is 0 Å². The first-order valence-corrected chi connectivity index (χ1v) is 4.44. The first kappa shape index (κ1) is 7.51. The number of hydrogen-bond acceptors (Lipinski definition) is 0. The topological polar surface area (TPSA) is 0 Å². The monoisotopic (exact) mass is 160 g/mol. The average Bonchev–Trinajstić information content (AvgIpc) is 2.17. The molecule has 0 aromatic heterocycles. The van der Waals surface area contributed by atoms with Gasteiger partial charge >= 0.3 is 0 Å². The fourth-order valence-corrected chi connectivity index (χ4v) is 2.69. The molecular formula is C9H14F2. The van der Waals surface area contributed by atoms with Crippen molar-refractivity contribution in [3.63, 3.8) is 0 Å². The molecule has 2 fully saturated rings. The van der Waals surface area contributed by atoms with Crippen LogP contribution in [0.1, 0.15) is 39.0 Å². The summed E-state index contributed by atoms with van der Waals surface area (Å²) in [6, 6.07) is 0. The van der Waals surface area contributed by atoms with E-state index < -0.39 is 11.3 Å². The highest BCUT2D eigenvalue weighted by Crippen LogP contribution is 2.60. The Kier molecular flexibility index (Phi) is 1.34. The van der Waals surface area contributed by atoms with Gasteiger partial charge in [0.25, 0.3) is 5.92 Å². The maximum absolute atomic E-state index is 13.4. The molecule has 0 aromatic carbocycles. The van der Waals surface area contributed by atoms with E-state index in [9.17, 15) is 8.78 Å². The Balaban J connectivity index is 2.33. The predicted octanol–water partition coefficient (Wildman–Crippen LogP) is 3.22. The SMILES string of the molecule is CC12CCCC(CC1)C2(F)F. The second-order valence-electron chi connectivity index (χ2n) is 4.31. The molecule has 2 aliphatic rings. The van der Waals surface area contributed by atoms with Gasteiger partial charge in [-0.2, -0.15) is 0 Å². The van der Waals surface area contributed by atoms with E-state index in [1.165, 1.54) is 0 Å². The molecular weight excluding hydrogens is 146 g/mol. The molecule has 0 heterocycles. The van der Waals surface area contributed by atoms with Gasteiger partial charge < -0.3 is 0 Å². The molecule has 2 heteroatoms. The molecule has 2 bridgehead atoms. The Morgan fingerprint density at radius 3 is 2.45 bits per heavy atom. The maximum atomic E-state index is 13.4. The summed E-state index contributed by atoms with van der Waals surface area (Å²) in [5.41, 5.74) is -0.643. The molecule has 0 nitrogen and oxygen atoms in total. The summed E-state index contributed by atoms with van der Waals surface area (Å²) in [7, 11) is 0. The lowest BCUT2D eigenvalue weighted by Crippen LogP contribution is -2.41. The lowest BCUT2D eigenvalue weighted by molar-refractivity contribution is -0.144. The quantitative estimate of drug-likeness (QED) is 0.510. The minimum atomic E-state index is -2.36. The Morgan fingerprint density at radius 2 is 1.91 bits per heavy atom. The van der Waals surface area contributed by atoms with Gasteiger partial charge in [-0.3, -0.25) is 0 Å². The third-order valence-corrected chi connectivity index (χ3v) is 3.64. The third kappa shape index (κ3) is 0.785. The van der Waals surface area contributed by atoms with Gasteiger partial charge in [0.1, 0.15) is 0 Å². The van der Waals surface area contributed by atoms with E-state index in [-0.39, 0.29) is 5.92 Å². The van der Waals surface area contributed by atoms with Crippen LogP contribution >= 0.6 is 0 Å². The van der Waals surface area contributed by atoms with Crippen molar-refractivity contribution in [2.45, 2.75) is 45.0 Å². The van der Waals surface area contributed by atoms with E-state index >= 15 is 0 Å². The lowest BCUT2D eigenvalue weighted by atomic mass is 9.74. The molecule has 2 unspecified atom stereocenters. The second-order valence-corrected chi connectivity index (χ2v) is 4.31. The van der Waals surface area contributed by atoms with Crippen molar-refractivity contribution < 1.29 is 8.78 Å². The van der Waals surface area contributed by atoms with Crippen LogP contribution in [0, 0.1) is 11.3 Å². The molecule has 2 rings (SSSR count). The Bertz CT molecular complexity index is 170. The van der Waals surface area contributed by atoms with Crippen LogP contribution in [0.4, 0.5) is 8.78 Å². The highest BCUT2D eigenvalue weighted by atomic mass is 19.3. The first-order chi connectivity index (χ1) is 5.06. The van der Waals surface area contributed by atoms with Crippen molar-refractivity contribution in [2.24, 2.45) is 11.3 Å². The Hall–Kier alpha value is -0.140. The first-order valence-electron chi connectivity index (χ1n) is 4.44. The lowest BCUT2D eigenvalue weighted by Gasteiger charge is -2.38. The molecule has 0 spiro atoms. The highest BCUT2D eigenvalue weighted by molar-refractivity contribution is 5.03. The van der Waals surface area contributed by atoms with Crippen molar-refractivity contribution in [1.82, 2.24) is 0 Å². The van der Waals surface area contributed by atoms with Gasteiger partial charge in [-0.05, 0) is 25.7 Å². The summed E-state index contributed by atoms with van der Waals surface area (Å²) in [4.78, 5) is 0. The predicted molar refractivity (Wildman–Crippen MR) is 39.6 cm³/mol. The fourth-order valence-electron chi connectivity index (χ4n) is 2.69. The highest BCUT2D eigenvalue weighted by Gasteiger charge is 2.61. The van der Waals surface area contributed by atoms with E-state index in [0.717, 1.165) is 32.1 Å². The Labute approximate surface area is 66.0 Å². The van der Waals surface area contributed by atoms with Crippen LogP contribution in [0.25, 0.3) is 0 Å². The van der Waals surface area contributed by atoms with Gasteiger partial charge in [0, 0.05) is 11.3 Å². The molecule has 11 heavy (non-hydrogen) atoms. The zero-order chi connectivity index (χ0) is 8.11. The van der Waals surface area contributed by atoms with Crippen LogP contribution in [0.3, 0.4) is 0 Å². The molecule has 0 saturated heterocycles. The van der Waals surface area contributed by atoms with Crippen LogP contribution in [0.5, 0.6) is 0 Å². The van der Waals surface area contributed by atoms with Gasteiger partial charge in [-0.15, -0.1) is 0 Å². The van der Waals surface area contributed by atoms with Crippen molar-refractivity contribution in [3.8, 4) is 0 Å². The number of alkyl halides is 2. The molecule has 0 amide bonds. The molecule has 0 aliphatic heterocycles. The summed E-state index contributed by atoms with van der Waals surface area (Å²) >= 11 is 0. The van der Waals surface area contributed by atoms with Gasteiger partial charge in [0.05, 0.1) is 0 Å². The van der Waals surface area contributed by atoms with Crippen LogP contribution in [0.15, 0.2) is 0 Å². The summed E-state index contributed by atoms with van der Waals surface area (Å²) in [6.45, 7) is 1.76. The zero-order valence-corrected chi connectivity index (χ0v) is 6.87. The Morgan fingerprint density at radius 1 is 1.18 bits per heavy atom. The van der Waals surface area contributed by atoms with Crippen molar-refractivity contribution in [3.05, 3.63) is 0 Å². The maximum Gasteiger partial charge on any atom is 0.256 e. The molecule has 2 saturated carbocycles. The summed E-state index contributed by atoms with van der Waals surface area (Å²) in [5.74, 6) is -2.65. The minimum absolute atomic E-state index is 0.291. The number of fused-ring (bicyclic) bond motifs is 2. The van der Waals surface area contributed by atoms with Crippen molar-refractivity contribution in [1.29, 1.82) is 0 Å². The van der Waals surface area contributed by atoms with Crippen LogP contribution in [-0.4, -0.2) is 5.92 Å². The average molecular weight is 160 g/mol. The number of rotatable bonds is 0. The fraction of sp³-hybridized carbons (Fsp3) is 1.00. The van der Waals surface area contributed by atoms with E-state index in [2.05, 4.69) is 0 Å². The number of hydrogen-bond donors (Lipinski definition) is 0. The summed E-state index contributed by atoms with van der Waals surface area (Å²) < 4.78 is 26.9. The zero-order valence-electron chi connectivity index (χ0n) is 6.87. The van der Waals surface area contributed by atoms with Crippen LogP contribution in [-0.2, 0) is 0 Å². The van der Waals surface area contributed by atoms with E-state index in [0.29, 0.717) is 0 Å². The molecule has 2 aliphatic carbocycles. The van der Waals surface area contributed by atoms with Crippen molar-refractivity contribution in [2.75, 3.05) is 0 Å². The normalized spacial score (nSPS) is 47.7. The third-order valence-electron chi connectivity index (χ3n) is 3.64. The summed E-state index contributed by atoms with van der Waals surface area (Å²) in [6.07, 6.45) is 3.99. The van der Waals surface area contributed by atoms with Gasteiger partial charge in [-0.1, -0.05) is 13.3 Å². The standard InChI is InChI=1S/C9H14F2/c1-8-5-2-3-7(4-6-8)9(8,10)11/h7H,2-6H2,1H3. The molecule has 0 radical (unpaired) electrons. The van der Waals surface area contributed by atoms with Gasteiger partial charge in [0.15, 0.2) is 0 Å². The van der Waals surface area contributed by atoms with E-state index in [1.807, 2.05) is 0 Å². The summed E-state index contributed by atoms with van der Waals surface area (Å²) in [5, 5.41) is 0. The van der Waals surface area contributed by atoms with E-state index in [1.54, 1.807) is 6.92 Å².